The number of hydrogen-bond donors (Lipinski definition) is 3. The van der Waals surface area contributed by atoms with Crippen molar-refractivity contribution in [2.45, 2.75) is 32.7 Å². The Hall–Kier alpha value is -1.56. The highest BCUT2D eigenvalue weighted by molar-refractivity contribution is 9.10. The molecule has 0 spiro atoms. The molecule has 0 aliphatic carbocycles. The van der Waals surface area contributed by atoms with E-state index in [1.807, 2.05) is 31.2 Å². The SMILES string of the molecule is CC(CCCNC(=O)NC(C)c1ccc(Br)cc1)C(=O)O. The van der Waals surface area contributed by atoms with E-state index in [1.165, 1.54) is 0 Å². The van der Waals surface area contributed by atoms with Crippen molar-refractivity contribution < 1.29 is 14.7 Å². The maximum atomic E-state index is 11.7. The summed E-state index contributed by atoms with van der Waals surface area (Å²) in [6, 6.07) is 7.43. The Labute approximate surface area is 133 Å². The summed E-state index contributed by atoms with van der Waals surface area (Å²) < 4.78 is 0.996. The molecule has 0 saturated carbocycles. The molecule has 6 heteroatoms. The molecule has 1 aromatic rings. The van der Waals surface area contributed by atoms with E-state index in [2.05, 4.69) is 26.6 Å². The van der Waals surface area contributed by atoms with Gasteiger partial charge in [0.2, 0.25) is 0 Å². The standard InChI is InChI=1S/C15H21BrN2O3/c1-10(14(19)20)4-3-9-17-15(21)18-11(2)12-5-7-13(16)8-6-12/h5-8,10-11H,3-4,9H2,1-2H3,(H,19,20)(H2,17,18,21). The van der Waals surface area contributed by atoms with Gasteiger partial charge in [-0.3, -0.25) is 4.79 Å². The summed E-state index contributed by atoms with van der Waals surface area (Å²) in [6.07, 6.45) is 1.20. The summed E-state index contributed by atoms with van der Waals surface area (Å²) in [6.45, 7) is 4.05. The van der Waals surface area contributed by atoms with Gasteiger partial charge in [0.05, 0.1) is 12.0 Å². The number of carboxylic acids is 1. The van der Waals surface area contributed by atoms with E-state index in [0.717, 1.165) is 10.0 Å². The fourth-order valence-electron chi connectivity index (χ4n) is 1.82. The summed E-state index contributed by atoms with van der Waals surface area (Å²) >= 11 is 3.37. The van der Waals surface area contributed by atoms with Gasteiger partial charge in [-0.25, -0.2) is 4.79 Å². The molecule has 2 amide bonds. The van der Waals surface area contributed by atoms with E-state index in [-0.39, 0.29) is 18.0 Å². The normalized spacial score (nSPS) is 13.3. The van der Waals surface area contributed by atoms with Crippen LogP contribution < -0.4 is 10.6 Å². The van der Waals surface area contributed by atoms with Crippen molar-refractivity contribution in [3.8, 4) is 0 Å². The van der Waals surface area contributed by atoms with Crippen LogP contribution in [0.2, 0.25) is 0 Å². The highest BCUT2D eigenvalue weighted by Crippen LogP contribution is 2.16. The van der Waals surface area contributed by atoms with E-state index in [4.69, 9.17) is 5.11 Å². The molecule has 2 atom stereocenters. The smallest absolute Gasteiger partial charge is 0.315 e. The van der Waals surface area contributed by atoms with Gasteiger partial charge in [0, 0.05) is 11.0 Å². The van der Waals surface area contributed by atoms with Crippen LogP contribution in [0.5, 0.6) is 0 Å². The van der Waals surface area contributed by atoms with E-state index in [9.17, 15) is 9.59 Å². The lowest BCUT2D eigenvalue weighted by Gasteiger charge is -2.15. The number of rotatable bonds is 7. The van der Waals surface area contributed by atoms with Crippen LogP contribution in [-0.2, 0) is 4.79 Å². The largest absolute Gasteiger partial charge is 0.481 e. The summed E-state index contributed by atoms with van der Waals surface area (Å²) in [5.74, 6) is -1.18. The minimum Gasteiger partial charge on any atom is -0.481 e. The fourth-order valence-corrected chi connectivity index (χ4v) is 2.08. The number of hydrogen-bond acceptors (Lipinski definition) is 2. The average Bonchev–Trinajstić information content (AvgIpc) is 2.43. The molecule has 0 bridgehead atoms. The van der Waals surface area contributed by atoms with Gasteiger partial charge >= 0.3 is 12.0 Å². The monoisotopic (exact) mass is 356 g/mol. The van der Waals surface area contributed by atoms with Crippen LogP contribution in [0.4, 0.5) is 4.79 Å². The number of carboxylic acid groups (broad SMARTS) is 1. The molecule has 1 rings (SSSR count). The Kier molecular flexibility index (Phi) is 7.22. The number of halogens is 1. The third-order valence-electron chi connectivity index (χ3n) is 3.24. The number of carbonyl (C=O) groups excluding carboxylic acids is 1. The number of aliphatic carboxylic acids is 1. The van der Waals surface area contributed by atoms with Crippen LogP contribution in [0, 0.1) is 5.92 Å². The van der Waals surface area contributed by atoms with Crippen molar-refractivity contribution in [1.82, 2.24) is 10.6 Å². The van der Waals surface area contributed by atoms with Crippen molar-refractivity contribution in [2.75, 3.05) is 6.54 Å². The molecule has 5 nitrogen and oxygen atoms in total. The average molecular weight is 357 g/mol. The van der Waals surface area contributed by atoms with Gasteiger partial charge < -0.3 is 15.7 Å². The zero-order chi connectivity index (χ0) is 15.8. The van der Waals surface area contributed by atoms with Crippen LogP contribution in [0.3, 0.4) is 0 Å². The second kappa shape index (κ2) is 8.67. The Morgan fingerprint density at radius 2 is 1.86 bits per heavy atom. The molecule has 0 aliphatic heterocycles. The number of benzene rings is 1. The molecule has 2 unspecified atom stereocenters. The third kappa shape index (κ3) is 6.62. The summed E-state index contributed by atoms with van der Waals surface area (Å²) in [4.78, 5) is 22.4. The van der Waals surface area contributed by atoms with Crippen molar-refractivity contribution in [2.24, 2.45) is 5.92 Å². The highest BCUT2D eigenvalue weighted by atomic mass is 79.9. The van der Waals surface area contributed by atoms with Gasteiger partial charge in [-0.05, 0) is 37.5 Å². The molecular weight excluding hydrogens is 336 g/mol. The maximum Gasteiger partial charge on any atom is 0.315 e. The number of nitrogens with one attached hydrogen (secondary N) is 2. The first-order valence-electron chi connectivity index (χ1n) is 6.92. The van der Waals surface area contributed by atoms with Crippen LogP contribution in [0.25, 0.3) is 0 Å². The molecule has 0 aliphatic rings. The number of urea groups is 1. The van der Waals surface area contributed by atoms with E-state index in [0.29, 0.717) is 19.4 Å². The van der Waals surface area contributed by atoms with Crippen molar-refractivity contribution in [3.63, 3.8) is 0 Å². The summed E-state index contributed by atoms with van der Waals surface area (Å²) in [5, 5.41) is 14.3. The lowest BCUT2D eigenvalue weighted by molar-refractivity contribution is -0.141. The molecule has 0 heterocycles. The van der Waals surface area contributed by atoms with Crippen LogP contribution >= 0.6 is 15.9 Å². The van der Waals surface area contributed by atoms with Gasteiger partial charge in [-0.1, -0.05) is 35.0 Å². The van der Waals surface area contributed by atoms with Crippen molar-refractivity contribution in [3.05, 3.63) is 34.3 Å². The predicted octanol–water partition coefficient (Wildman–Crippen LogP) is 3.31. The van der Waals surface area contributed by atoms with Gasteiger partial charge in [-0.15, -0.1) is 0 Å². The lowest BCUT2D eigenvalue weighted by Crippen LogP contribution is -2.37. The molecule has 116 valence electrons. The summed E-state index contributed by atoms with van der Waals surface area (Å²) in [5.41, 5.74) is 1.02. The van der Waals surface area contributed by atoms with Crippen molar-refractivity contribution in [1.29, 1.82) is 0 Å². The zero-order valence-corrected chi connectivity index (χ0v) is 13.8. The second-order valence-electron chi connectivity index (χ2n) is 5.05. The summed E-state index contributed by atoms with van der Waals surface area (Å²) in [7, 11) is 0. The molecule has 0 aromatic heterocycles. The van der Waals surface area contributed by atoms with Crippen LogP contribution in [0.15, 0.2) is 28.7 Å². The first-order valence-corrected chi connectivity index (χ1v) is 7.72. The fraction of sp³-hybridized carbons (Fsp3) is 0.467. The van der Waals surface area contributed by atoms with Crippen LogP contribution in [-0.4, -0.2) is 23.7 Å². The molecular formula is C15H21BrN2O3. The van der Waals surface area contributed by atoms with E-state index < -0.39 is 5.97 Å². The highest BCUT2D eigenvalue weighted by Gasteiger charge is 2.11. The minimum absolute atomic E-state index is 0.0870. The third-order valence-corrected chi connectivity index (χ3v) is 3.77. The van der Waals surface area contributed by atoms with Crippen LogP contribution in [0.1, 0.15) is 38.3 Å². The Morgan fingerprint density at radius 1 is 1.24 bits per heavy atom. The Bertz CT molecular complexity index is 476. The molecule has 1 aromatic carbocycles. The second-order valence-corrected chi connectivity index (χ2v) is 5.97. The lowest BCUT2D eigenvalue weighted by atomic mass is 10.1. The molecule has 0 radical (unpaired) electrons. The molecule has 3 N–H and O–H groups in total. The number of carbonyl (C=O) groups is 2. The first-order chi connectivity index (χ1) is 9.90. The van der Waals surface area contributed by atoms with Gasteiger partial charge in [0.1, 0.15) is 0 Å². The Balaban J connectivity index is 2.27. The molecule has 0 fully saturated rings. The van der Waals surface area contributed by atoms with Gasteiger partial charge in [-0.2, -0.15) is 0 Å². The number of amides is 2. The van der Waals surface area contributed by atoms with E-state index in [1.54, 1.807) is 6.92 Å². The van der Waals surface area contributed by atoms with E-state index >= 15 is 0 Å². The van der Waals surface area contributed by atoms with Gasteiger partial charge in [0.25, 0.3) is 0 Å². The quantitative estimate of drug-likeness (QED) is 0.655. The maximum absolute atomic E-state index is 11.7. The minimum atomic E-state index is -0.802. The predicted molar refractivity (Wildman–Crippen MR) is 85.1 cm³/mol. The first kappa shape index (κ1) is 17.5. The Morgan fingerprint density at radius 3 is 2.43 bits per heavy atom. The molecule has 0 saturated heterocycles. The van der Waals surface area contributed by atoms with Crippen molar-refractivity contribution >= 4 is 27.9 Å². The topological polar surface area (TPSA) is 78.4 Å². The zero-order valence-electron chi connectivity index (χ0n) is 12.2. The molecule has 21 heavy (non-hydrogen) atoms. The van der Waals surface area contributed by atoms with Gasteiger partial charge in [0.15, 0.2) is 0 Å².